The predicted molar refractivity (Wildman–Crippen MR) is 56.5 cm³/mol. The van der Waals surface area contributed by atoms with Gasteiger partial charge >= 0.3 is 0 Å². The van der Waals surface area contributed by atoms with Crippen molar-refractivity contribution in [2.75, 3.05) is 6.54 Å². The molecule has 2 heteroatoms. The van der Waals surface area contributed by atoms with Gasteiger partial charge in [-0.25, -0.2) is 4.39 Å². The molecule has 0 aliphatic heterocycles. The third-order valence-corrected chi connectivity index (χ3v) is 2.84. The molecule has 2 N–H and O–H groups in total. The molecule has 80 valence electrons. The monoisotopic (exact) mass is 189 g/mol. The summed E-state index contributed by atoms with van der Waals surface area (Å²) in [6.45, 7) is 8.03. The second kappa shape index (κ2) is 4.94. The number of alkyl halides is 1. The molecule has 13 heavy (non-hydrogen) atoms. The molecule has 0 amide bonds. The van der Waals surface area contributed by atoms with Crippen molar-refractivity contribution in [3.05, 3.63) is 0 Å². The molecule has 1 atom stereocenters. The standard InChI is InChI=1S/C11H24FN/c1-5-6-7-8-11(12,9-13)10(2,3)4/h5-9,13H2,1-4H3. The minimum Gasteiger partial charge on any atom is -0.328 e. The van der Waals surface area contributed by atoms with Crippen molar-refractivity contribution in [3.8, 4) is 0 Å². The van der Waals surface area contributed by atoms with Crippen LogP contribution in [0.1, 0.15) is 53.4 Å². The van der Waals surface area contributed by atoms with E-state index in [1.807, 2.05) is 20.8 Å². The molecular weight excluding hydrogens is 165 g/mol. The van der Waals surface area contributed by atoms with E-state index in [2.05, 4.69) is 6.92 Å². The van der Waals surface area contributed by atoms with Crippen LogP contribution in [-0.4, -0.2) is 12.2 Å². The Balaban J connectivity index is 4.13. The van der Waals surface area contributed by atoms with E-state index in [-0.39, 0.29) is 12.0 Å². The molecule has 1 unspecified atom stereocenters. The fourth-order valence-electron chi connectivity index (χ4n) is 1.44. The van der Waals surface area contributed by atoms with Gasteiger partial charge in [0.25, 0.3) is 0 Å². The zero-order chi connectivity index (χ0) is 10.5. The van der Waals surface area contributed by atoms with Crippen molar-refractivity contribution in [1.82, 2.24) is 0 Å². The highest BCUT2D eigenvalue weighted by atomic mass is 19.1. The van der Waals surface area contributed by atoms with Gasteiger partial charge in [0.1, 0.15) is 5.67 Å². The average molecular weight is 189 g/mol. The Morgan fingerprint density at radius 2 is 1.69 bits per heavy atom. The molecule has 0 spiro atoms. The van der Waals surface area contributed by atoms with Crippen molar-refractivity contribution in [3.63, 3.8) is 0 Å². The average Bonchev–Trinajstić information content (AvgIpc) is 2.02. The maximum Gasteiger partial charge on any atom is 0.128 e. The van der Waals surface area contributed by atoms with Gasteiger partial charge in [0.15, 0.2) is 0 Å². The summed E-state index contributed by atoms with van der Waals surface area (Å²) in [4.78, 5) is 0. The first kappa shape index (κ1) is 12.9. The van der Waals surface area contributed by atoms with Crippen LogP contribution >= 0.6 is 0 Å². The van der Waals surface area contributed by atoms with Crippen LogP contribution in [0.2, 0.25) is 0 Å². The van der Waals surface area contributed by atoms with Gasteiger partial charge in [0.2, 0.25) is 0 Å². The van der Waals surface area contributed by atoms with E-state index < -0.39 is 5.67 Å². The van der Waals surface area contributed by atoms with Crippen molar-refractivity contribution in [1.29, 1.82) is 0 Å². The van der Waals surface area contributed by atoms with Crippen LogP contribution in [0.3, 0.4) is 0 Å². The van der Waals surface area contributed by atoms with Crippen molar-refractivity contribution >= 4 is 0 Å². The lowest BCUT2D eigenvalue weighted by molar-refractivity contribution is 0.0268. The lowest BCUT2D eigenvalue weighted by atomic mass is 9.75. The lowest BCUT2D eigenvalue weighted by Gasteiger charge is -2.37. The Hall–Kier alpha value is -0.110. The highest BCUT2D eigenvalue weighted by Crippen LogP contribution is 2.37. The summed E-state index contributed by atoms with van der Waals surface area (Å²) in [6.07, 6.45) is 3.77. The summed E-state index contributed by atoms with van der Waals surface area (Å²) in [6, 6.07) is 0. The van der Waals surface area contributed by atoms with Crippen LogP contribution in [0.25, 0.3) is 0 Å². The predicted octanol–water partition coefficient (Wildman–Crippen LogP) is 3.28. The topological polar surface area (TPSA) is 26.0 Å². The molecule has 0 bridgehead atoms. The Morgan fingerprint density at radius 3 is 2.00 bits per heavy atom. The van der Waals surface area contributed by atoms with E-state index in [0.717, 1.165) is 19.3 Å². The largest absolute Gasteiger partial charge is 0.328 e. The number of hydrogen-bond acceptors (Lipinski definition) is 1. The first-order valence-corrected chi connectivity index (χ1v) is 5.26. The maximum atomic E-state index is 14.2. The Morgan fingerprint density at radius 1 is 1.15 bits per heavy atom. The van der Waals surface area contributed by atoms with Gasteiger partial charge in [-0.05, 0) is 11.8 Å². The Bertz CT molecular complexity index is 140. The summed E-state index contributed by atoms with van der Waals surface area (Å²) >= 11 is 0. The maximum absolute atomic E-state index is 14.2. The second-order valence-corrected chi connectivity index (χ2v) is 4.88. The summed E-state index contributed by atoms with van der Waals surface area (Å²) < 4.78 is 14.2. The van der Waals surface area contributed by atoms with E-state index in [0.29, 0.717) is 6.42 Å². The lowest BCUT2D eigenvalue weighted by Crippen LogP contribution is -2.45. The van der Waals surface area contributed by atoms with Crippen LogP contribution < -0.4 is 5.73 Å². The fourth-order valence-corrected chi connectivity index (χ4v) is 1.44. The van der Waals surface area contributed by atoms with Crippen molar-refractivity contribution in [2.45, 2.75) is 59.0 Å². The van der Waals surface area contributed by atoms with Crippen LogP contribution in [0, 0.1) is 5.41 Å². The van der Waals surface area contributed by atoms with Gasteiger partial charge in [0, 0.05) is 6.54 Å². The Labute approximate surface area is 81.9 Å². The summed E-state index contributed by atoms with van der Waals surface area (Å²) in [7, 11) is 0. The number of nitrogens with two attached hydrogens (primary N) is 1. The first-order chi connectivity index (χ1) is 5.87. The minimum atomic E-state index is -1.19. The minimum absolute atomic E-state index is 0.139. The number of rotatable bonds is 5. The van der Waals surface area contributed by atoms with Gasteiger partial charge < -0.3 is 5.73 Å². The van der Waals surface area contributed by atoms with Gasteiger partial charge in [-0.3, -0.25) is 0 Å². The molecule has 0 aromatic carbocycles. The van der Waals surface area contributed by atoms with Crippen LogP contribution in [0.15, 0.2) is 0 Å². The quantitative estimate of drug-likeness (QED) is 0.660. The smallest absolute Gasteiger partial charge is 0.128 e. The number of hydrogen-bond donors (Lipinski definition) is 1. The molecule has 0 saturated heterocycles. The zero-order valence-electron chi connectivity index (χ0n) is 9.49. The van der Waals surface area contributed by atoms with Crippen LogP contribution in [-0.2, 0) is 0 Å². The summed E-state index contributed by atoms with van der Waals surface area (Å²) in [5, 5.41) is 0. The van der Waals surface area contributed by atoms with E-state index in [9.17, 15) is 4.39 Å². The Kier molecular flexibility index (Phi) is 4.90. The molecule has 0 radical (unpaired) electrons. The van der Waals surface area contributed by atoms with Gasteiger partial charge in [-0.2, -0.15) is 0 Å². The fraction of sp³-hybridized carbons (Fsp3) is 1.00. The molecule has 0 rings (SSSR count). The van der Waals surface area contributed by atoms with Crippen molar-refractivity contribution < 1.29 is 4.39 Å². The third kappa shape index (κ3) is 3.63. The van der Waals surface area contributed by atoms with Gasteiger partial charge in [-0.15, -0.1) is 0 Å². The van der Waals surface area contributed by atoms with Gasteiger partial charge in [0.05, 0.1) is 0 Å². The second-order valence-electron chi connectivity index (χ2n) is 4.88. The SMILES string of the molecule is CCCCCC(F)(CN)C(C)(C)C. The molecular formula is C11H24FN. The molecule has 1 nitrogen and oxygen atoms in total. The normalized spacial score (nSPS) is 17.1. The van der Waals surface area contributed by atoms with E-state index in [1.165, 1.54) is 0 Å². The van der Waals surface area contributed by atoms with E-state index >= 15 is 0 Å². The van der Waals surface area contributed by atoms with E-state index in [4.69, 9.17) is 5.73 Å². The molecule has 0 aliphatic rings. The van der Waals surface area contributed by atoms with Gasteiger partial charge in [-0.1, -0.05) is 47.0 Å². The molecule has 0 fully saturated rings. The highest BCUT2D eigenvalue weighted by molar-refractivity contribution is 4.91. The first-order valence-electron chi connectivity index (χ1n) is 5.26. The molecule has 0 aromatic heterocycles. The summed E-state index contributed by atoms with van der Waals surface area (Å²) in [5.41, 5.74) is 3.97. The zero-order valence-corrected chi connectivity index (χ0v) is 9.49. The molecule has 0 aromatic rings. The highest BCUT2D eigenvalue weighted by Gasteiger charge is 2.40. The third-order valence-electron chi connectivity index (χ3n) is 2.84. The molecule has 0 saturated carbocycles. The number of halogens is 1. The molecule has 0 aliphatic carbocycles. The van der Waals surface area contributed by atoms with Crippen LogP contribution in [0.5, 0.6) is 0 Å². The van der Waals surface area contributed by atoms with E-state index in [1.54, 1.807) is 0 Å². The van der Waals surface area contributed by atoms with Crippen molar-refractivity contribution in [2.24, 2.45) is 11.1 Å². The van der Waals surface area contributed by atoms with Crippen LogP contribution in [0.4, 0.5) is 4.39 Å². The molecule has 0 heterocycles. The summed E-state index contributed by atoms with van der Waals surface area (Å²) in [5.74, 6) is 0. The number of unbranched alkanes of at least 4 members (excludes halogenated alkanes) is 2.